The molecule has 2 aromatic rings. The van der Waals surface area contributed by atoms with Crippen LogP contribution in [0.1, 0.15) is 29.2 Å². The molecule has 1 aliphatic rings. The molecule has 0 amide bonds. The second-order valence-electron chi connectivity index (χ2n) is 5.28. The van der Waals surface area contributed by atoms with Crippen LogP contribution in [-0.4, -0.2) is 19.9 Å². The summed E-state index contributed by atoms with van der Waals surface area (Å²) < 4.78 is 41.2. The summed E-state index contributed by atoms with van der Waals surface area (Å²) in [6.45, 7) is 1.41. The van der Waals surface area contributed by atoms with E-state index in [1.54, 1.807) is 0 Å². The van der Waals surface area contributed by atoms with E-state index in [1.807, 2.05) is 6.07 Å². The average Bonchev–Trinajstić information content (AvgIpc) is 2.94. The number of fused-ring (bicyclic) bond motifs is 1. The van der Waals surface area contributed by atoms with Gasteiger partial charge in [0.15, 0.2) is 5.82 Å². The summed E-state index contributed by atoms with van der Waals surface area (Å²) in [5.74, 6) is 0.101. The van der Waals surface area contributed by atoms with Crippen molar-refractivity contribution >= 4 is 34.2 Å². The lowest BCUT2D eigenvalue weighted by molar-refractivity contribution is -0.138. The van der Waals surface area contributed by atoms with Crippen molar-refractivity contribution < 1.29 is 13.2 Å². The number of halogens is 5. The van der Waals surface area contributed by atoms with Crippen molar-refractivity contribution in [2.45, 2.75) is 24.0 Å². The van der Waals surface area contributed by atoms with Gasteiger partial charge in [0.2, 0.25) is 0 Å². The highest BCUT2D eigenvalue weighted by molar-refractivity contribution is 6.68. The maximum Gasteiger partial charge on any atom is 0.418 e. The van der Waals surface area contributed by atoms with E-state index in [0.717, 1.165) is 6.07 Å². The van der Waals surface area contributed by atoms with E-state index in [0.29, 0.717) is 0 Å². The molecule has 0 radical (unpaired) electrons. The minimum absolute atomic E-state index is 0.101. The molecule has 0 aromatic carbocycles. The summed E-state index contributed by atoms with van der Waals surface area (Å²) in [6.07, 6.45) is -2.18. The van der Waals surface area contributed by atoms with E-state index < -0.39 is 22.7 Å². The summed E-state index contributed by atoms with van der Waals surface area (Å²) in [4.78, 5) is 7.91. The zero-order chi connectivity index (χ0) is 17.7. The Morgan fingerprint density at radius 3 is 2.75 bits per heavy atom. The summed E-state index contributed by atoms with van der Waals surface area (Å²) in [6, 6.07) is 3.96. The molecule has 1 aliphatic heterocycles. The molecule has 5 nitrogen and oxygen atoms in total. The topological polar surface area (TPSA) is 66.9 Å². The Bertz CT molecular complexity index is 883. The molecular weight excluding hydrogens is 366 g/mol. The number of nitriles is 1. The van der Waals surface area contributed by atoms with Crippen LogP contribution in [-0.2, 0) is 11.6 Å². The van der Waals surface area contributed by atoms with Gasteiger partial charge < -0.3 is 0 Å². The van der Waals surface area contributed by atoms with Crippen molar-refractivity contribution in [3.63, 3.8) is 0 Å². The molecule has 10 heteroatoms. The maximum absolute atomic E-state index is 13.4. The van der Waals surface area contributed by atoms with Gasteiger partial charge in [-0.2, -0.15) is 23.5 Å². The van der Waals surface area contributed by atoms with Crippen LogP contribution in [0.3, 0.4) is 0 Å². The van der Waals surface area contributed by atoms with Crippen LogP contribution in [0, 0.1) is 11.3 Å². The third-order valence-corrected chi connectivity index (χ3v) is 4.92. The fourth-order valence-electron chi connectivity index (χ4n) is 2.52. The lowest BCUT2D eigenvalue weighted by atomic mass is 9.83. The third kappa shape index (κ3) is 2.27. The van der Waals surface area contributed by atoms with E-state index >= 15 is 0 Å². The predicted molar refractivity (Wildman–Crippen MR) is 81.4 cm³/mol. The summed E-state index contributed by atoms with van der Waals surface area (Å²) in [7, 11) is 0. The van der Waals surface area contributed by atoms with Gasteiger partial charge in [0.05, 0.1) is 22.9 Å². The molecule has 0 aliphatic carbocycles. The number of aliphatic imine (C=N–C) groups is 1. The zero-order valence-electron chi connectivity index (χ0n) is 12.0. The quantitative estimate of drug-likeness (QED) is 0.705. The number of rotatable bonds is 1. The second kappa shape index (κ2) is 5.46. The normalized spacial score (nSPS) is 23.4. The van der Waals surface area contributed by atoms with Crippen molar-refractivity contribution in [3.8, 4) is 6.07 Å². The fourth-order valence-corrected chi connectivity index (χ4v) is 3.20. The van der Waals surface area contributed by atoms with Gasteiger partial charge in [-0.05, 0) is 19.1 Å². The lowest BCUT2D eigenvalue weighted by Gasteiger charge is -2.36. The fraction of sp³-hybridized carbons (Fsp3) is 0.286. The van der Waals surface area contributed by atoms with Gasteiger partial charge in [-0.15, -0.1) is 0 Å². The third-order valence-electron chi connectivity index (χ3n) is 3.82. The molecule has 3 rings (SSSR count). The first kappa shape index (κ1) is 16.7. The van der Waals surface area contributed by atoms with Crippen molar-refractivity contribution in [2.24, 2.45) is 4.99 Å². The number of alkyl halides is 4. The smallest absolute Gasteiger partial charge is 0.260 e. The molecule has 0 spiro atoms. The average molecular weight is 374 g/mol. The van der Waals surface area contributed by atoms with E-state index in [-0.39, 0.29) is 22.2 Å². The standard InChI is InChI=1S/C14H8Cl2F3N5/c1-13(9-8(14(17,18)19)3-2-4-21-9)11(15)23-10-7(5-20)6-22-24(10)12(13)16/h2-4,6,12H,1H3. The molecule has 3 heterocycles. The molecule has 0 saturated heterocycles. The number of aromatic nitrogens is 3. The van der Waals surface area contributed by atoms with Gasteiger partial charge in [0.1, 0.15) is 22.3 Å². The number of hydrogen-bond acceptors (Lipinski definition) is 4. The van der Waals surface area contributed by atoms with Crippen molar-refractivity contribution in [3.05, 3.63) is 41.3 Å². The van der Waals surface area contributed by atoms with Crippen molar-refractivity contribution in [2.75, 3.05) is 0 Å². The molecule has 0 N–H and O–H groups in total. The molecule has 24 heavy (non-hydrogen) atoms. The predicted octanol–water partition coefficient (Wildman–Crippen LogP) is 4.15. The Balaban J connectivity index is 2.25. The van der Waals surface area contributed by atoms with Crippen LogP contribution in [0.2, 0.25) is 0 Å². The number of hydrogen-bond donors (Lipinski definition) is 0. The summed E-state index contributed by atoms with van der Waals surface area (Å²) in [5.41, 5.74) is -3.90. The van der Waals surface area contributed by atoms with Crippen molar-refractivity contribution in [1.82, 2.24) is 14.8 Å². The van der Waals surface area contributed by atoms with Gasteiger partial charge in [0.25, 0.3) is 0 Å². The van der Waals surface area contributed by atoms with Crippen LogP contribution in [0.25, 0.3) is 0 Å². The van der Waals surface area contributed by atoms with Gasteiger partial charge in [-0.1, -0.05) is 23.2 Å². The molecule has 0 saturated carbocycles. The first-order chi connectivity index (χ1) is 11.2. The molecular formula is C14H8Cl2F3N5. The number of pyridine rings is 1. The Morgan fingerprint density at radius 1 is 1.42 bits per heavy atom. The molecule has 2 unspecified atom stereocenters. The number of nitrogens with zero attached hydrogens (tertiary/aromatic N) is 5. The van der Waals surface area contributed by atoms with Crippen LogP contribution >= 0.6 is 23.2 Å². The Kier molecular flexibility index (Phi) is 3.81. The Hall–Kier alpha value is -2.11. The lowest BCUT2D eigenvalue weighted by Crippen LogP contribution is -2.42. The highest BCUT2D eigenvalue weighted by Gasteiger charge is 2.50. The summed E-state index contributed by atoms with van der Waals surface area (Å²) in [5, 5.41) is 12.8. The monoisotopic (exact) mass is 373 g/mol. The van der Waals surface area contributed by atoms with Crippen LogP contribution in [0.5, 0.6) is 0 Å². The molecule has 2 aromatic heterocycles. The summed E-state index contributed by atoms with van der Waals surface area (Å²) >= 11 is 12.6. The highest BCUT2D eigenvalue weighted by Crippen LogP contribution is 2.49. The second-order valence-corrected chi connectivity index (χ2v) is 6.05. The van der Waals surface area contributed by atoms with Gasteiger partial charge in [0, 0.05) is 6.20 Å². The van der Waals surface area contributed by atoms with E-state index in [2.05, 4.69) is 15.1 Å². The van der Waals surface area contributed by atoms with Crippen LogP contribution in [0.4, 0.5) is 19.0 Å². The molecule has 0 bridgehead atoms. The van der Waals surface area contributed by atoms with Gasteiger partial charge >= 0.3 is 6.18 Å². The van der Waals surface area contributed by atoms with E-state index in [9.17, 15) is 13.2 Å². The van der Waals surface area contributed by atoms with Gasteiger partial charge in [-0.25, -0.2) is 9.67 Å². The molecule has 2 atom stereocenters. The van der Waals surface area contributed by atoms with Crippen LogP contribution < -0.4 is 0 Å². The zero-order valence-corrected chi connectivity index (χ0v) is 13.5. The van der Waals surface area contributed by atoms with Crippen molar-refractivity contribution in [1.29, 1.82) is 5.26 Å². The largest absolute Gasteiger partial charge is 0.418 e. The maximum atomic E-state index is 13.4. The Morgan fingerprint density at radius 2 is 2.12 bits per heavy atom. The molecule has 0 fully saturated rings. The SMILES string of the molecule is CC1(c2ncccc2C(F)(F)F)C(Cl)=Nc2c(C#N)cnn2C1Cl. The van der Waals surface area contributed by atoms with Crippen LogP contribution in [0.15, 0.2) is 29.5 Å². The van der Waals surface area contributed by atoms with E-state index in [1.165, 1.54) is 30.1 Å². The molecule has 124 valence electrons. The highest BCUT2D eigenvalue weighted by atomic mass is 35.5. The first-order valence-electron chi connectivity index (χ1n) is 6.60. The van der Waals surface area contributed by atoms with E-state index in [4.69, 9.17) is 28.5 Å². The Labute approximate surface area is 144 Å². The first-order valence-corrected chi connectivity index (χ1v) is 7.41. The van der Waals surface area contributed by atoms with Gasteiger partial charge in [-0.3, -0.25) is 4.98 Å². The minimum atomic E-state index is -4.64. The minimum Gasteiger partial charge on any atom is -0.260 e.